The molecule has 2 rings (SSSR count). The predicted octanol–water partition coefficient (Wildman–Crippen LogP) is 6.85. The number of rotatable bonds is 10. The number of carbonyl (C=O) groups excluding carboxylic acids is 1. The van der Waals surface area contributed by atoms with E-state index in [1.807, 2.05) is 13.0 Å². The average Bonchev–Trinajstić information content (AvgIpc) is 2.64. The second-order valence-electron chi connectivity index (χ2n) is 11.3. The summed E-state index contributed by atoms with van der Waals surface area (Å²) < 4.78 is 5.61. The van der Waals surface area contributed by atoms with E-state index in [9.17, 15) is 9.90 Å². The quantitative estimate of drug-likeness (QED) is 0.311. The van der Waals surface area contributed by atoms with Gasteiger partial charge in [-0.05, 0) is 74.2 Å². The van der Waals surface area contributed by atoms with Crippen molar-refractivity contribution in [2.45, 2.75) is 99.3 Å². The van der Waals surface area contributed by atoms with Crippen LogP contribution in [-0.4, -0.2) is 24.3 Å². The van der Waals surface area contributed by atoms with E-state index in [-0.39, 0.29) is 18.0 Å². The molecule has 0 aliphatic heterocycles. The first-order valence-corrected chi connectivity index (χ1v) is 12.2. The largest absolute Gasteiger partial charge is 0.462 e. The number of aliphatic hydroxyl groups is 1. The Hall–Kier alpha value is -1.09. The fourth-order valence-electron chi connectivity index (χ4n) is 5.96. The van der Waals surface area contributed by atoms with Crippen molar-refractivity contribution >= 4 is 5.97 Å². The number of hydrogen-bond donors (Lipinski definition) is 1. The highest BCUT2D eigenvalue weighted by Gasteiger charge is 2.36. The fraction of sp³-hybridized carbons (Fsp3) is 0.815. The third-order valence-corrected chi connectivity index (χ3v) is 7.82. The van der Waals surface area contributed by atoms with Gasteiger partial charge in [0.15, 0.2) is 0 Å². The lowest BCUT2D eigenvalue weighted by Gasteiger charge is -2.43. The Morgan fingerprint density at radius 2 is 1.93 bits per heavy atom. The molecule has 0 saturated heterocycles. The highest BCUT2D eigenvalue weighted by atomic mass is 16.5. The predicted molar refractivity (Wildman–Crippen MR) is 125 cm³/mol. The van der Waals surface area contributed by atoms with Crippen LogP contribution in [0.25, 0.3) is 0 Å². The van der Waals surface area contributed by atoms with Crippen LogP contribution in [0.3, 0.4) is 0 Å². The molecule has 1 fully saturated rings. The van der Waals surface area contributed by atoms with Crippen LogP contribution in [-0.2, 0) is 9.53 Å². The standard InChI is InChI=1S/C27H46O3/c1-20-11-8-16-26(3,4)23(20)15-7-13-22(19-28)14-10-18-30-25(29)24-21(2)12-9-17-27(24,5)6/h9,12,20,22-23,28H,7-8,10-11,13-19H2,1-6H3. The number of allylic oxidation sites excluding steroid dienone is 3. The molecular weight excluding hydrogens is 372 g/mol. The van der Waals surface area contributed by atoms with Gasteiger partial charge in [-0.1, -0.05) is 66.0 Å². The molecule has 172 valence electrons. The topological polar surface area (TPSA) is 46.5 Å². The maximum absolute atomic E-state index is 12.6. The van der Waals surface area contributed by atoms with Gasteiger partial charge < -0.3 is 9.84 Å². The van der Waals surface area contributed by atoms with E-state index < -0.39 is 0 Å². The first-order valence-electron chi connectivity index (χ1n) is 12.2. The van der Waals surface area contributed by atoms with Crippen molar-refractivity contribution < 1.29 is 14.6 Å². The van der Waals surface area contributed by atoms with Gasteiger partial charge in [-0.2, -0.15) is 0 Å². The van der Waals surface area contributed by atoms with Crippen molar-refractivity contribution in [3.05, 3.63) is 23.3 Å². The maximum atomic E-state index is 12.6. The number of ether oxygens (including phenoxy) is 1. The summed E-state index contributed by atoms with van der Waals surface area (Å²) in [5, 5.41) is 9.81. The Labute approximate surface area is 185 Å². The molecule has 2 aliphatic carbocycles. The molecule has 3 nitrogen and oxygen atoms in total. The summed E-state index contributed by atoms with van der Waals surface area (Å²) in [6.45, 7) is 14.2. The Kier molecular flexibility index (Phi) is 9.21. The van der Waals surface area contributed by atoms with Gasteiger partial charge in [0.05, 0.1) is 6.61 Å². The molecule has 0 aromatic rings. The minimum absolute atomic E-state index is 0.159. The molecule has 0 spiro atoms. The fourth-order valence-corrected chi connectivity index (χ4v) is 5.96. The van der Waals surface area contributed by atoms with Crippen LogP contribution in [0.5, 0.6) is 0 Å². The normalized spacial score (nSPS) is 26.5. The Morgan fingerprint density at radius 3 is 2.57 bits per heavy atom. The van der Waals surface area contributed by atoms with Crippen LogP contribution in [0.1, 0.15) is 99.3 Å². The molecule has 0 amide bonds. The Bertz CT molecular complexity index is 626. The lowest BCUT2D eigenvalue weighted by atomic mass is 9.62. The summed E-state index contributed by atoms with van der Waals surface area (Å²) >= 11 is 0. The second kappa shape index (κ2) is 11.0. The van der Waals surface area contributed by atoms with E-state index in [0.717, 1.165) is 48.7 Å². The van der Waals surface area contributed by atoms with Crippen molar-refractivity contribution in [3.8, 4) is 0 Å². The van der Waals surface area contributed by atoms with Crippen molar-refractivity contribution in [1.29, 1.82) is 0 Å². The molecule has 1 saturated carbocycles. The van der Waals surface area contributed by atoms with E-state index in [0.29, 0.717) is 17.9 Å². The molecular formula is C27H46O3. The summed E-state index contributed by atoms with van der Waals surface area (Å²) in [5.74, 6) is 1.77. The molecule has 2 aliphatic rings. The van der Waals surface area contributed by atoms with Crippen LogP contribution in [0.15, 0.2) is 23.3 Å². The number of esters is 1. The van der Waals surface area contributed by atoms with Crippen LogP contribution in [0.2, 0.25) is 0 Å². The maximum Gasteiger partial charge on any atom is 0.334 e. The summed E-state index contributed by atoms with van der Waals surface area (Å²) in [4.78, 5) is 12.6. The van der Waals surface area contributed by atoms with Gasteiger partial charge in [-0.25, -0.2) is 4.79 Å². The zero-order valence-corrected chi connectivity index (χ0v) is 20.4. The molecule has 3 atom stereocenters. The van der Waals surface area contributed by atoms with E-state index >= 15 is 0 Å². The van der Waals surface area contributed by atoms with Gasteiger partial charge in [0.1, 0.15) is 0 Å². The molecule has 3 unspecified atom stereocenters. The Balaban J connectivity index is 1.72. The van der Waals surface area contributed by atoms with Crippen molar-refractivity contribution in [3.63, 3.8) is 0 Å². The Morgan fingerprint density at radius 1 is 1.23 bits per heavy atom. The van der Waals surface area contributed by atoms with Gasteiger partial charge in [0, 0.05) is 17.6 Å². The van der Waals surface area contributed by atoms with Crippen molar-refractivity contribution in [2.75, 3.05) is 13.2 Å². The minimum atomic E-state index is -0.170. The van der Waals surface area contributed by atoms with E-state index in [1.165, 1.54) is 32.1 Å². The molecule has 0 heterocycles. The zero-order chi connectivity index (χ0) is 22.4. The average molecular weight is 419 g/mol. The molecule has 0 aromatic carbocycles. The highest BCUT2D eigenvalue weighted by molar-refractivity contribution is 5.91. The zero-order valence-electron chi connectivity index (χ0n) is 20.4. The van der Waals surface area contributed by atoms with Crippen LogP contribution in [0.4, 0.5) is 0 Å². The third-order valence-electron chi connectivity index (χ3n) is 7.82. The second-order valence-corrected chi connectivity index (χ2v) is 11.3. The van der Waals surface area contributed by atoms with Gasteiger partial charge >= 0.3 is 5.97 Å². The molecule has 0 aromatic heterocycles. The minimum Gasteiger partial charge on any atom is -0.462 e. The highest BCUT2D eigenvalue weighted by Crippen LogP contribution is 2.46. The van der Waals surface area contributed by atoms with Gasteiger partial charge in [-0.15, -0.1) is 0 Å². The third kappa shape index (κ3) is 6.70. The summed E-state index contributed by atoms with van der Waals surface area (Å²) in [6.07, 6.45) is 14.4. The van der Waals surface area contributed by atoms with Gasteiger partial charge in [0.25, 0.3) is 0 Å². The molecule has 3 heteroatoms. The first kappa shape index (κ1) is 25.2. The molecule has 1 N–H and O–H groups in total. The first-order chi connectivity index (χ1) is 14.1. The number of hydrogen-bond acceptors (Lipinski definition) is 3. The van der Waals surface area contributed by atoms with E-state index in [1.54, 1.807) is 0 Å². The monoisotopic (exact) mass is 418 g/mol. The lowest BCUT2D eigenvalue weighted by Crippen LogP contribution is -2.33. The smallest absolute Gasteiger partial charge is 0.334 e. The van der Waals surface area contributed by atoms with Crippen LogP contribution in [0, 0.1) is 28.6 Å². The molecule has 30 heavy (non-hydrogen) atoms. The summed E-state index contributed by atoms with van der Waals surface area (Å²) in [7, 11) is 0. The van der Waals surface area contributed by atoms with Crippen LogP contribution < -0.4 is 0 Å². The van der Waals surface area contributed by atoms with Crippen LogP contribution >= 0.6 is 0 Å². The SMILES string of the molecule is CC1=C(C(=O)OCCCC(CO)CCCC2C(C)CCCC2(C)C)C(C)(C)CC=C1. The molecule has 0 radical (unpaired) electrons. The van der Waals surface area contributed by atoms with E-state index in [2.05, 4.69) is 40.7 Å². The van der Waals surface area contributed by atoms with Crippen molar-refractivity contribution in [1.82, 2.24) is 0 Å². The van der Waals surface area contributed by atoms with Gasteiger partial charge in [0.2, 0.25) is 0 Å². The van der Waals surface area contributed by atoms with Crippen molar-refractivity contribution in [2.24, 2.45) is 28.6 Å². The molecule has 0 bridgehead atoms. The van der Waals surface area contributed by atoms with Gasteiger partial charge in [-0.3, -0.25) is 0 Å². The lowest BCUT2D eigenvalue weighted by molar-refractivity contribution is -0.140. The number of carbonyl (C=O) groups is 1. The number of aliphatic hydroxyl groups excluding tert-OH is 1. The van der Waals surface area contributed by atoms with E-state index in [4.69, 9.17) is 4.74 Å². The summed E-state index contributed by atoms with van der Waals surface area (Å²) in [6, 6.07) is 0. The summed E-state index contributed by atoms with van der Waals surface area (Å²) in [5.41, 5.74) is 2.13.